The van der Waals surface area contributed by atoms with Crippen LogP contribution in [0, 0.1) is 0 Å². The number of halogens is 2. The third-order valence-electron chi connectivity index (χ3n) is 7.86. The maximum absolute atomic E-state index is 8.44. The number of thiophene rings is 3. The lowest BCUT2D eigenvalue weighted by atomic mass is 10.1. The molecule has 0 saturated carbocycles. The Bertz CT molecular complexity index is 1120. The fraction of sp³-hybridized carbons (Fsp3) is 0.647. The van der Waals surface area contributed by atoms with Crippen molar-refractivity contribution >= 4 is 57.2 Å². The Hall–Kier alpha value is -0.600. The Morgan fingerprint density at radius 3 is 1.93 bits per heavy atom. The van der Waals surface area contributed by atoms with Crippen molar-refractivity contribution in [3.8, 4) is 0 Å². The molecule has 7 heterocycles. The first-order valence-electron chi connectivity index (χ1n) is 16.2. The number of hydrogen-bond donors (Lipinski definition) is 2. The molecule has 2 saturated heterocycles. The molecule has 46 heavy (non-hydrogen) atoms. The number of methoxy groups -OCH3 is 2. The van der Waals surface area contributed by atoms with Crippen LogP contribution in [0.3, 0.4) is 0 Å². The molecule has 2 N–H and O–H groups in total. The zero-order chi connectivity index (χ0) is 32.8. The number of rotatable bonds is 8. The van der Waals surface area contributed by atoms with Gasteiger partial charge in [-0.25, -0.2) is 0 Å². The van der Waals surface area contributed by atoms with Gasteiger partial charge >= 0.3 is 0 Å². The topological polar surface area (TPSA) is 72.4 Å². The van der Waals surface area contributed by atoms with Crippen molar-refractivity contribution in [2.45, 2.75) is 63.4 Å². The van der Waals surface area contributed by atoms with Crippen molar-refractivity contribution in [2.24, 2.45) is 0 Å². The minimum absolute atomic E-state index is 0.145. The molecule has 0 aliphatic carbocycles. The summed E-state index contributed by atoms with van der Waals surface area (Å²) >= 11 is 16.4. The van der Waals surface area contributed by atoms with E-state index in [1.807, 2.05) is 28.8 Å². The number of hydrogen-bond acceptors (Lipinski definition) is 10. The number of nitrogens with zero attached hydrogens (tertiary/aromatic N) is 1. The average Bonchev–Trinajstić information content (AvgIpc) is 3.94. The molecule has 4 aliphatic heterocycles. The molecule has 2 fully saturated rings. The van der Waals surface area contributed by atoms with Crippen molar-refractivity contribution < 1.29 is 24.1 Å². The van der Waals surface area contributed by atoms with E-state index in [2.05, 4.69) is 33.1 Å². The van der Waals surface area contributed by atoms with Gasteiger partial charge in [-0.3, -0.25) is 0 Å². The lowest BCUT2D eigenvalue weighted by molar-refractivity contribution is -0.0851. The molecule has 0 spiro atoms. The maximum Gasteiger partial charge on any atom is 0.170 e. The third kappa shape index (κ3) is 14.5. The van der Waals surface area contributed by atoms with Crippen molar-refractivity contribution in [1.82, 2.24) is 10.2 Å². The zero-order valence-corrected chi connectivity index (χ0v) is 31.3. The molecule has 7 nitrogen and oxygen atoms in total. The van der Waals surface area contributed by atoms with E-state index >= 15 is 0 Å². The van der Waals surface area contributed by atoms with Crippen molar-refractivity contribution in [3.63, 3.8) is 0 Å². The van der Waals surface area contributed by atoms with Crippen LogP contribution >= 0.6 is 57.2 Å². The molecule has 0 radical (unpaired) electrons. The summed E-state index contributed by atoms with van der Waals surface area (Å²) in [6, 6.07) is 8.39. The largest absolute Gasteiger partial charge is 0.396 e. The van der Waals surface area contributed by atoms with Gasteiger partial charge in [0, 0.05) is 61.3 Å². The van der Waals surface area contributed by atoms with Gasteiger partial charge in [0.25, 0.3) is 0 Å². The number of ether oxygens (including phenoxy) is 4. The molecule has 4 aliphatic rings. The summed E-state index contributed by atoms with van der Waals surface area (Å²) in [5.74, 6) is 0.955. The van der Waals surface area contributed by atoms with Gasteiger partial charge in [-0.15, -0.1) is 57.2 Å². The lowest BCUT2D eigenvalue weighted by Crippen LogP contribution is -2.29. The number of aliphatic hydroxyl groups is 1. The Morgan fingerprint density at radius 1 is 0.870 bits per heavy atom. The molecule has 3 aromatic heterocycles. The molecule has 2 unspecified atom stereocenters. The van der Waals surface area contributed by atoms with Crippen LogP contribution in [0.15, 0.2) is 40.4 Å². The monoisotopic (exact) mass is 734 g/mol. The molecule has 2 atom stereocenters. The van der Waals surface area contributed by atoms with Crippen LogP contribution in [-0.2, 0) is 38.2 Å². The summed E-state index contributed by atoms with van der Waals surface area (Å²) in [4.78, 5) is 6.79. The van der Waals surface area contributed by atoms with Gasteiger partial charge in [0.2, 0.25) is 0 Å². The number of alkyl halides is 2. The highest BCUT2D eigenvalue weighted by Crippen LogP contribution is 2.32. The quantitative estimate of drug-likeness (QED) is 0.183. The van der Waals surface area contributed by atoms with Crippen molar-refractivity contribution in [1.29, 1.82) is 0 Å². The first kappa shape index (κ1) is 39.8. The molecule has 0 bridgehead atoms. The second-order valence-corrected chi connectivity index (χ2v) is 14.7. The minimum Gasteiger partial charge on any atom is -0.396 e. The first-order chi connectivity index (χ1) is 22.6. The van der Waals surface area contributed by atoms with E-state index in [1.54, 1.807) is 41.8 Å². The van der Waals surface area contributed by atoms with Gasteiger partial charge in [0.15, 0.2) is 6.29 Å². The van der Waals surface area contributed by atoms with E-state index in [-0.39, 0.29) is 19.0 Å². The highest BCUT2D eigenvalue weighted by molar-refractivity contribution is 7.10. The van der Waals surface area contributed by atoms with Gasteiger partial charge in [0.1, 0.15) is 0 Å². The van der Waals surface area contributed by atoms with Crippen LogP contribution in [-0.4, -0.2) is 94.8 Å². The Balaban J connectivity index is 0.000000165. The second kappa shape index (κ2) is 24.5. The minimum atomic E-state index is -0.248. The SMILES string of the molecule is C1CCNC1.COC(CCl)OC.ClCC1OCCc2sccc21.OCCc1cccs1.c1cc2c(s1)CCOC2CN1CCCC1. The van der Waals surface area contributed by atoms with Crippen molar-refractivity contribution in [2.75, 3.05) is 78.5 Å². The summed E-state index contributed by atoms with van der Waals surface area (Å²) in [7, 11) is 3.10. The molecular weight excluding hydrogens is 683 g/mol. The second-order valence-electron chi connectivity index (χ2n) is 11.0. The lowest BCUT2D eigenvalue weighted by Gasteiger charge is -2.27. The third-order valence-corrected chi connectivity index (χ3v) is 11.3. The van der Waals surface area contributed by atoms with Gasteiger partial charge in [-0.1, -0.05) is 6.07 Å². The number of aliphatic hydroxyl groups excluding tert-OH is 1. The fourth-order valence-corrected chi connectivity index (χ4v) is 8.38. The van der Waals surface area contributed by atoms with E-state index in [0.717, 1.165) is 39.0 Å². The first-order valence-corrected chi connectivity index (χ1v) is 19.9. The Morgan fingerprint density at radius 2 is 1.48 bits per heavy atom. The Kier molecular flexibility index (Phi) is 21.2. The van der Waals surface area contributed by atoms with Crippen LogP contribution in [0.5, 0.6) is 0 Å². The molecule has 3 aromatic rings. The predicted molar refractivity (Wildman–Crippen MR) is 196 cm³/mol. The summed E-state index contributed by atoms with van der Waals surface area (Å²) in [6.45, 7) is 8.12. The van der Waals surface area contributed by atoms with Gasteiger partial charge in [-0.05, 0) is 97.3 Å². The molecule has 12 heteroatoms. The molecule has 260 valence electrons. The highest BCUT2D eigenvalue weighted by Gasteiger charge is 2.25. The molecule has 7 rings (SSSR count). The normalized spacial score (nSPS) is 20.1. The zero-order valence-electron chi connectivity index (χ0n) is 27.3. The van der Waals surface area contributed by atoms with E-state index in [0.29, 0.717) is 17.9 Å². The van der Waals surface area contributed by atoms with Gasteiger partial charge < -0.3 is 34.3 Å². The molecule has 0 aromatic carbocycles. The van der Waals surface area contributed by atoms with E-state index in [9.17, 15) is 0 Å². The van der Waals surface area contributed by atoms with Crippen LogP contribution in [0.1, 0.15) is 63.6 Å². The predicted octanol–water partition coefficient (Wildman–Crippen LogP) is 7.56. The standard InChI is InChI=1S/C12H17NOS.C8H9ClOS.C6H8OS.C4H9ClO2.C4H9N/c1-2-6-13(5-1)9-11-10-4-8-15-12(10)3-7-14-11;9-5-7-6-2-4-11-8(6)1-3-10-7;7-4-3-6-2-1-5-8-6;1-6-4(3-5)7-2;1-2-4-5-3-1/h4,8,11H,1-3,5-7,9H2;2,4,7H,1,3,5H2;1-2,5,7H,3-4H2;4H,3H2,1-2H3;5H,1-4H2. The number of likely N-dealkylation sites (tertiary alicyclic amines) is 1. The van der Waals surface area contributed by atoms with Gasteiger partial charge in [0.05, 0.1) is 37.2 Å². The summed E-state index contributed by atoms with van der Waals surface area (Å²) < 4.78 is 20.8. The fourth-order valence-electron chi connectivity index (χ4n) is 5.34. The van der Waals surface area contributed by atoms with Crippen LogP contribution in [0.25, 0.3) is 0 Å². The number of nitrogens with one attached hydrogen (secondary N) is 1. The van der Waals surface area contributed by atoms with Crippen molar-refractivity contribution in [3.05, 3.63) is 66.2 Å². The molecular formula is C34H52Cl2N2O5S3. The van der Waals surface area contributed by atoms with Gasteiger partial charge in [-0.2, -0.15) is 0 Å². The van der Waals surface area contributed by atoms with Crippen LogP contribution < -0.4 is 5.32 Å². The highest BCUT2D eigenvalue weighted by atomic mass is 35.5. The van der Waals surface area contributed by atoms with E-state index in [1.165, 1.54) is 72.7 Å². The average molecular weight is 736 g/mol. The smallest absolute Gasteiger partial charge is 0.170 e. The van der Waals surface area contributed by atoms with Crippen LogP contribution in [0.2, 0.25) is 0 Å². The molecule has 0 amide bonds. The Labute approximate surface area is 298 Å². The van der Waals surface area contributed by atoms with E-state index < -0.39 is 0 Å². The number of fused-ring (bicyclic) bond motifs is 2. The summed E-state index contributed by atoms with van der Waals surface area (Å²) in [5.41, 5.74) is 2.76. The summed E-state index contributed by atoms with van der Waals surface area (Å²) in [6.07, 6.45) is 8.72. The van der Waals surface area contributed by atoms with Crippen LogP contribution in [0.4, 0.5) is 0 Å². The van der Waals surface area contributed by atoms with E-state index in [4.69, 9.17) is 47.3 Å². The summed E-state index contributed by atoms with van der Waals surface area (Å²) in [5, 5.41) is 18.0. The maximum atomic E-state index is 8.44.